The van der Waals surface area contributed by atoms with Crippen molar-refractivity contribution in [1.29, 1.82) is 0 Å². The number of esters is 1. The number of carbonyl (C=O) groups is 2. The molecule has 0 bridgehead atoms. The average molecular weight is 278 g/mol. The van der Waals surface area contributed by atoms with Crippen LogP contribution in [0.25, 0.3) is 0 Å². The maximum atomic E-state index is 11.7. The smallest absolute Gasteiger partial charge is 0.325 e. The maximum absolute atomic E-state index is 11.7. The Morgan fingerprint density at radius 3 is 2.60 bits per heavy atom. The Balaban J connectivity index is 1.65. The van der Waals surface area contributed by atoms with E-state index in [-0.39, 0.29) is 19.2 Å². The molecule has 0 radical (unpaired) electrons. The van der Waals surface area contributed by atoms with Crippen LogP contribution in [0.5, 0.6) is 0 Å². The molecule has 1 saturated heterocycles. The monoisotopic (exact) mass is 278 g/mol. The number of ether oxygens (including phenoxy) is 2. The first-order valence-electron chi connectivity index (χ1n) is 6.56. The molecule has 1 aliphatic rings. The lowest BCUT2D eigenvalue weighted by atomic mass is 10.2. The maximum Gasteiger partial charge on any atom is 0.325 e. The molecule has 6 nitrogen and oxygen atoms in total. The molecule has 1 aromatic rings. The van der Waals surface area contributed by atoms with Crippen molar-refractivity contribution >= 4 is 12.0 Å². The van der Waals surface area contributed by atoms with E-state index in [1.54, 1.807) is 4.90 Å². The summed E-state index contributed by atoms with van der Waals surface area (Å²) in [7, 11) is 0. The number of amides is 2. The summed E-state index contributed by atoms with van der Waals surface area (Å²) in [6.07, 6.45) is 0. The Morgan fingerprint density at radius 1 is 1.20 bits per heavy atom. The minimum Gasteiger partial charge on any atom is -0.460 e. The second-order valence-electron chi connectivity index (χ2n) is 4.40. The molecule has 1 heterocycles. The molecule has 1 aromatic carbocycles. The van der Waals surface area contributed by atoms with E-state index in [4.69, 9.17) is 9.47 Å². The Morgan fingerprint density at radius 2 is 1.90 bits per heavy atom. The molecule has 108 valence electrons. The van der Waals surface area contributed by atoms with E-state index in [0.717, 1.165) is 5.56 Å². The molecule has 0 spiro atoms. The predicted octanol–water partition coefficient (Wildman–Crippen LogP) is 0.772. The lowest BCUT2D eigenvalue weighted by Crippen LogP contribution is -2.47. The zero-order valence-corrected chi connectivity index (χ0v) is 11.2. The van der Waals surface area contributed by atoms with Crippen LogP contribution in [0.4, 0.5) is 4.79 Å². The second kappa shape index (κ2) is 7.49. The van der Waals surface area contributed by atoms with E-state index in [2.05, 4.69) is 5.32 Å². The van der Waals surface area contributed by atoms with Gasteiger partial charge in [-0.1, -0.05) is 30.3 Å². The SMILES string of the molecule is O=C(CNC(=O)N1CCOCC1)OCc1ccccc1. The first-order valence-corrected chi connectivity index (χ1v) is 6.56. The van der Waals surface area contributed by atoms with Crippen molar-refractivity contribution in [1.82, 2.24) is 10.2 Å². The molecule has 1 N–H and O–H groups in total. The fraction of sp³-hybridized carbons (Fsp3) is 0.429. The summed E-state index contributed by atoms with van der Waals surface area (Å²) >= 11 is 0. The van der Waals surface area contributed by atoms with Gasteiger partial charge in [0.25, 0.3) is 0 Å². The van der Waals surface area contributed by atoms with Gasteiger partial charge in [-0.15, -0.1) is 0 Å². The Labute approximate surface area is 117 Å². The molecule has 0 aliphatic carbocycles. The van der Waals surface area contributed by atoms with Gasteiger partial charge in [0.1, 0.15) is 13.2 Å². The zero-order valence-electron chi connectivity index (χ0n) is 11.2. The molecule has 1 fully saturated rings. The third kappa shape index (κ3) is 4.55. The van der Waals surface area contributed by atoms with Gasteiger partial charge < -0.3 is 19.7 Å². The van der Waals surface area contributed by atoms with Crippen molar-refractivity contribution < 1.29 is 19.1 Å². The summed E-state index contributed by atoms with van der Waals surface area (Å²) in [5.74, 6) is -0.449. The molecule has 2 rings (SSSR count). The first kappa shape index (κ1) is 14.3. The molecule has 0 unspecified atom stereocenters. The van der Waals surface area contributed by atoms with Gasteiger partial charge >= 0.3 is 12.0 Å². The van der Waals surface area contributed by atoms with E-state index in [0.29, 0.717) is 26.3 Å². The number of nitrogens with zero attached hydrogens (tertiary/aromatic N) is 1. The van der Waals surface area contributed by atoms with Crippen molar-refractivity contribution in [2.75, 3.05) is 32.8 Å². The molecule has 2 amide bonds. The number of benzene rings is 1. The highest BCUT2D eigenvalue weighted by molar-refractivity contribution is 5.80. The normalized spacial score (nSPS) is 14.7. The van der Waals surface area contributed by atoms with E-state index in [1.807, 2.05) is 30.3 Å². The Bertz CT molecular complexity index is 444. The third-order valence-corrected chi connectivity index (χ3v) is 2.92. The molecule has 0 aromatic heterocycles. The quantitative estimate of drug-likeness (QED) is 0.826. The van der Waals surface area contributed by atoms with E-state index in [1.165, 1.54) is 0 Å². The van der Waals surface area contributed by atoms with Crippen molar-refractivity contribution in [3.05, 3.63) is 35.9 Å². The topological polar surface area (TPSA) is 67.9 Å². The van der Waals surface area contributed by atoms with Gasteiger partial charge in [0.15, 0.2) is 0 Å². The lowest BCUT2D eigenvalue weighted by molar-refractivity contribution is -0.143. The van der Waals surface area contributed by atoms with Crippen LogP contribution in [0.15, 0.2) is 30.3 Å². The summed E-state index contributed by atoms with van der Waals surface area (Å²) in [6.45, 7) is 2.25. The van der Waals surface area contributed by atoms with Gasteiger partial charge in [0, 0.05) is 13.1 Å². The van der Waals surface area contributed by atoms with Gasteiger partial charge in [-0.25, -0.2) is 4.79 Å². The number of carbonyl (C=O) groups excluding carboxylic acids is 2. The summed E-state index contributed by atoms with van der Waals surface area (Å²) < 4.78 is 10.2. The van der Waals surface area contributed by atoms with Crippen LogP contribution in [-0.4, -0.2) is 49.7 Å². The van der Waals surface area contributed by atoms with Crippen LogP contribution in [0.2, 0.25) is 0 Å². The van der Waals surface area contributed by atoms with Crippen molar-refractivity contribution in [3.8, 4) is 0 Å². The van der Waals surface area contributed by atoms with Crippen LogP contribution in [0, 0.1) is 0 Å². The molecular weight excluding hydrogens is 260 g/mol. The molecule has 6 heteroatoms. The Hall–Kier alpha value is -2.08. The summed E-state index contributed by atoms with van der Waals surface area (Å²) in [6, 6.07) is 9.14. The number of hydrogen-bond donors (Lipinski definition) is 1. The van der Waals surface area contributed by atoms with Gasteiger partial charge in [-0.05, 0) is 5.56 Å². The fourth-order valence-corrected chi connectivity index (χ4v) is 1.82. The van der Waals surface area contributed by atoms with Gasteiger partial charge in [0.05, 0.1) is 13.2 Å². The summed E-state index contributed by atoms with van der Waals surface area (Å²) in [4.78, 5) is 24.9. The van der Waals surface area contributed by atoms with Crippen LogP contribution >= 0.6 is 0 Å². The zero-order chi connectivity index (χ0) is 14.2. The predicted molar refractivity (Wildman–Crippen MR) is 72.0 cm³/mol. The van der Waals surface area contributed by atoms with Crippen molar-refractivity contribution in [3.63, 3.8) is 0 Å². The molecule has 0 atom stereocenters. The standard InChI is InChI=1S/C14H18N2O4/c17-13(20-11-12-4-2-1-3-5-12)10-15-14(18)16-6-8-19-9-7-16/h1-5H,6-11H2,(H,15,18). The molecule has 1 aliphatic heterocycles. The van der Waals surface area contributed by atoms with Crippen LogP contribution in [-0.2, 0) is 20.9 Å². The highest BCUT2D eigenvalue weighted by Crippen LogP contribution is 2.00. The average Bonchev–Trinajstić information content (AvgIpc) is 2.52. The van der Waals surface area contributed by atoms with Crippen molar-refractivity contribution in [2.45, 2.75) is 6.61 Å². The number of urea groups is 1. The molecule has 20 heavy (non-hydrogen) atoms. The van der Waals surface area contributed by atoms with Crippen molar-refractivity contribution in [2.24, 2.45) is 0 Å². The highest BCUT2D eigenvalue weighted by atomic mass is 16.5. The van der Waals surface area contributed by atoms with Crippen LogP contribution in [0.3, 0.4) is 0 Å². The minimum atomic E-state index is -0.449. The van der Waals surface area contributed by atoms with Crippen LogP contribution in [0.1, 0.15) is 5.56 Å². The summed E-state index contributed by atoms with van der Waals surface area (Å²) in [5.41, 5.74) is 0.917. The van der Waals surface area contributed by atoms with Gasteiger partial charge in [0.2, 0.25) is 0 Å². The lowest BCUT2D eigenvalue weighted by Gasteiger charge is -2.26. The number of hydrogen-bond acceptors (Lipinski definition) is 4. The molecule has 0 saturated carbocycles. The third-order valence-electron chi connectivity index (χ3n) is 2.92. The van der Waals surface area contributed by atoms with Crippen LogP contribution < -0.4 is 5.32 Å². The first-order chi connectivity index (χ1) is 9.75. The molecular formula is C14H18N2O4. The van der Waals surface area contributed by atoms with Gasteiger partial charge in [-0.3, -0.25) is 4.79 Å². The van der Waals surface area contributed by atoms with E-state index < -0.39 is 5.97 Å². The largest absolute Gasteiger partial charge is 0.460 e. The number of rotatable bonds is 4. The van der Waals surface area contributed by atoms with E-state index in [9.17, 15) is 9.59 Å². The number of morpholine rings is 1. The highest BCUT2D eigenvalue weighted by Gasteiger charge is 2.17. The Kier molecular flexibility index (Phi) is 5.37. The fourth-order valence-electron chi connectivity index (χ4n) is 1.82. The van der Waals surface area contributed by atoms with E-state index >= 15 is 0 Å². The van der Waals surface area contributed by atoms with Gasteiger partial charge in [-0.2, -0.15) is 0 Å². The number of nitrogens with one attached hydrogen (secondary N) is 1. The summed E-state index contributed by atoms with van der Waals surface area (Å²) in [5, 5.41) is 2.55. The second-order valence-corrected chi connectivity index (χ2v) is 4.40. The minimum absolute atomic E-state index is 0.122.